The fourth-order valence-electron chi connectivity index (χ4n) is 2.13. The van der Waals surface area contributed by atoms with E-state index < -0.39 is 0 Å². The Bertz CT molecular complexity index is 335. The third kappa shape index (κ3) is 4.11. The molecule has 1 unspecified atom stereocenters. The zero-order valence-electron chi connectivity index (χ0n) is 11.5. The summed E-state index contributed by atoms with van der Waals surface area (Å²) in [6.07, 6.45) is 4.50. The number of hydrogen-bond donors (Lipinski definition) is 1. The van der Waals surface area contributed by atoms with Gasteiger partial charge in [-0.25, -0.2) is 9.67 Å². The topological polar surface area (TPSA) is 50.9 Å². The van der Waals surface area contributed by atoms with E-state index in [0.29, 0.717) is 5.92 Å². The minimum Gasteiger partial charge on any atom is -0.396 e. The predicted molar refractivity (Wildman–Crippen MR) is 68.7 cm³/mol. The first-order chi connectivity index (χ1) is 8.00. The maximum absolute atomic E-state index is 9.53. The van der Waals surface area contributed by atoms with Crippen LogP contribution < -0.4 is 0 Å². The SMILES string of the molecule is CCCC(C)(CO)Cc1ncnn1CC(C)C. The zero-order valence-corrected chi connectivity index (χ0v) is 11.5. The molecule has 1 N–H and O–H groups in total. The Kier molecular flexibility index (Phi) is 5.12. The standard InChI is InChI=1S/C13H25N3O/c1-5-6-13(4,9-17)7-12-14-10-15-16(12)8-11(2)3/h10-11,17H,5-9H2,1-4H3. The Labute approximate surface area is 104 Å². The molecule has 0 amide bonds. The summed E-state index contributed by atoms with van der Waals surface area (Å²) in [7, 11) is 0. The summed E-state index contributed by atoms with van der Waals surface area (Å²) in [4.78, 5) is 4.33. The number of aliphatic hydroxyl groups is 1. The Morgan fingerprint density at radius 2 is 2.18 bits per heavy atom. The van der Waals surface area contributed by atoms with Gasteiger partial charge in [-0.2, -0.15) is 5.10 Å². The van der Waals surface area contributed by atoms with Crippen LogP contribution in [0.5, 0.6) is 0 Å². The molecule has 0 aromatic carbocycles. The van der Waals surface area contributed by atoms with E-state index in [1.165, 1.54) is 0 Å². The van der Waals surface area contributed by atoms with E-state index in [-0.39, 0.29) is 12.0 Å². The highest BCUT2D eigenvalue weighted by Crippen LogP contribution is 2.26. The van der Waals surface area contributed by atoms with Gasteiger partial charge in [0.1, 0.15) is 12.2 Å². The Morgan fingerprint density at radius 3 is 2.71 bits per heavy atom. The van der Waals surface area contributed by atoms with Crippen LogP contribution in [-0.4, -0.2) is 26.5 Å². The zero-order chi connectivity index (χ0) is 12.9. The summed E-state index contributed by atoms with van der Waals surface area (Å²) in [6.45, 7) is 9.70. The lowest BCUT2D eigenvalue weighted by Crippen LogP contribution is -2.26. The van der Waals surface area contributed by atoms with E-state index in [0.717, 1.165) is 31.6 Å². The normalized spacial score (nSPS) is 15.2. The second kappa shape index (κ2) is 6.15. The van der Waals surface area contributed by atoms with Gasteiger partial charge in [0.15, 0.2) is 0 Å². The largest absolute Gasteiger partial charge is 0.396 e. The van der Waals surface area contributed by atoms with Crippen molar-refractivity contribution in [2.75, 3.05) is 6.61 Å². The van der Waals surface area contributed by atoms with E-state index in [1.54, 1.807) is 6.33 Å². The molecule has 0 radical (unpaired) electrons. The molecule has 4 heteroatoms. The van der Waals surface area contributed by atoms with E-state index in [2.05, 4.69) is 37.8 Å². The summed E-state index contributed by atoms with van der Waals surface area (Å²) in [6, 6.07) is 0. The Balaban J connectivity index is 2.76. The third-order valence-corrected chi connectivity index (χ3v) is 3.05. The molecule has 17 heavy (non-hydrogen) atoms. The van der Waals surface area contributed by atoms with Gasteiger partial charge in [0.05, 0.1) is 0 Å². The van der Waals surface area contributed by atoms with E-state index in [4.69, 9.17) is 0 Å². The molecule has 0 fully saturated rings. The molecule has 0 saturated carbocycles. The minimum absolute atomic E-state index is 0.0729. The van der Waals surface area contributed by atoms with Crippen molar-refractivity contribution in [3.63, 3.8) is 0 Å². The highest BCUT2D eigenvalue weighted by molar-refractivity contribution is 4.92. The lowest BCUT2D eigenvalue weighted by Gasteiger charge is -2.26. The van der Waals surface area contributed by atoms with Crippen LogP contribution in [0.25, 0.3) is 0 Å². The van der Waals surface area contributed by atoms with Crippen LogP contribution in [0.3, 0.4) is 0 Å². The van der Waals surface area contributed by atoms with Gasteiger partial charge in [-0.15, -0.1) is 0 Å². The van der Waals surface area contributed by atoms with Crippen molar-refractivity contribution < 1.29 is 5.11 Å². The molecule has 0 aliphatic carbocycles. The molecule has 0 aliphatic heterocycles. The predicted octanol–water partition coefficient (Wildman–Crippen LogP) is 2.28. The lowest BCUT2D eigenvalue weighted by molar-refractivity contribution is 0.127. The number of nitrogens with zero attached hydrogens (tertiary/aromatic N) is 3. The van der Waals surface area contributed by atoms with Crippen molar-refractivity contribution in [1.82, 2.24) is 14.8 Å². The van der Waals surface area contributed by atoms with Gasteiger partial charge < -0.3 is 5.11 Å². The van der Waals surface area contributed by atoms with Crippen LogP contribution in [-0.2, 0) is 13.0 Å². The van der Waals surface area contributed by atoms with Gasteiger partial charge in [0.25, 0.3) is 0 Å². The van der Waals surface area contributed by atoms with Gasteiger partial charge in [0.2, 0.25) is 0 Å². The number of hydrogen-bond acceptors (Lipinski definition) is 3. The molecule has 0 aliphatic rings. The molecule has 0 spiro atoms. The van der Waals surface area contributed by atoms with Gasteiger partial charge >= 0.3 is 0 Å². The summed E-state index contributed by atoms with van der Waals surface area (Å²) in [5, 5.41) is 13.8. The molecular formula is C13H25N3O. The van der Waals surface area contributed by atoms with Crippen molar-refractivity contribution in [1.29, 1.82) is 0 Å². The summed E-state index contributed by atoms with van der Waals surface area (Å²) in [5.41, 5.74) is -0.0729. The summed E-state index contributed by atoms with van der Waals surface area (Å²) >= 11 is 0. The number of aromatic nitrogens is 3. The average Bonchev–Trinajstić information content (AvgIpc) is 2.65. The van der Waals surface area contributed by atoms with Crippen molar-refractivity contribution in [3.05, 3.63) is 12.2 Å². The van der Waals surface area contributed by atoms with Crippen molar-refractivity contribution in [2.24, 2.45) is 11.3 Å². The smallest absolute Gasteiger partial charge is 0.138 e. The fraction of sp³-hybridized carbons (Fsp3) is 0.846. The highest BCUT2D eigenvalue weighted by atomic mass is 16.3. The van der Waals surface area contributed by atoms with Gasteiger partial charge in [-0.3, -0.25) is 0 Å². The molecule has 1 heterocycles. The van der Waals surface area contributed by atoms with Crippen molar-refractivity contribution in [3.8, 4) is 0 Å². The van der Waals surface area contributed by atoms with Crippen LogP contribution >= 0.6 is 0 Å². The molecule has 0 saturated heterocycles. The number of aliphatic hydroxyl groups excluding tert-OH is 1. The molecule has 1 aromatic rings. The van der Waals surface area contributed by atoms with E-state index in [9.17, 15) is 5.11 Å². The van der Waals surface area contributed by atoms with Crippen LogP contribution in [0.4, 0.5) is 0 Å². The maximum atomic E-state index is 9.53. The molecule has 1 atom stereocenters. The van der Waals surface area contributed by atoms with Gasteiger partial charge in [-0.1, -0.05) is 34.1 Å². The third-order valence-electron chi connectivity index (χ3n) is 3.05. The Hall–Kier alpha value is -0.900. The second-order valence-electron chi connectivity index (χ2n) is 5.65. The van der Waals surface area contributed by atoms with Gasteiger partial charge in [-0.05, 0) is 17.8 Å². The highest BCUT2D eigenvalue weighted by Gasteiger charge is 2.25. The number of rotatable bonds is 7. The van der Waals surface area contributed by atoms with Crippen molar-refractivity contribution in [2.45, 2.75) is 53.5 Å². The molecule has 98 valence electrons. The second-order valence-corrected chi connectivity index (χ2v) is 5.65. The minimum atomic E-state index is -0.0729. The molecule has 0 bridgehead atoms. The van der Waals surface area contributed by atoms with Crippen LogP contribution in [0.1, 0.15) is 46.4 Å². The molecule has 1 aromatic heterocycles. The van der Waals surface area contributed by atoms with Crippen LogP contribution in [0.15, 0.2) is 6.33 Å². The quantitative estimate of drug-likeness (QED) is 0.794. The maximum Gasteiger partial charge on any atom is 0.138 e. The first-order valence-corrected chi connectivity index (χ1v) is 6.48. The van der Waals surface area contributed by atoms with E-state index in [1.807, 2.05) is 4.68 Å². The first-order valence-electron chi connectivity index (χ1n) is 6.48. The van der Waals surface area contributed by atoms with Gasteiger partial charge in [0, 0.05) is 19.6 Å². The lowest BCUT2D eigenvalue weighted by atomic mass is 9.83. The fourth-order valence-corrected chi connectivity index (χ4v) is 2.13. The van der Waals surface area contributed by atoms with Crippen molar-refractivity contribution >= 4 is 0 Å². The molecular weight excluding hydrogens is 214 g/mol. The molecule has 4 nitrogen and oxygen atoms in total. The van der Waals surface area contributed by atoms with Crippen LogP contribution in [0.2, 0.25) is 0 Å². The summed E-state index contributed by atoms with van der Waals surface area (Å²) in [5.74, 6) is 1.55. The van der Waals surface area contributed by atoms with Crippen LogP contribution in [0, 0.1) is 11.3 Å². The Morgan fingerprint density at radius 1 is 1.47 bits per heavy atom. The molecule has 1 rings (SSSR count). The summed E-state index contributed by atoms with van der Waals surface area (Å²) < 4.78 is 1.97. The average molecular weight is 239 g/mol. The van der Waals surface area contributed by atoms with E-state index >= 15 is 0 Å². The first kappa shape index (κ1) is 14.2. The monoisotopic (exact) mass is 239 g/mol.